The fourth-order valence-electron chi connectivity index (χ4n) is 0.487. The Balaban J connectivity index is 2.77. The zero-order valence-corrected chi connectivity index (χ0v) is 6.13. The molecule has 1 N–H and O–H groups in total. The third kappa shape index (κ3) is 1.30. The Kier molecular flexibility index (Phi) is 1.96. The van der Waals surface area contributed by atoms with Gasteiger partial charge in [-0.1, -0.05) is 4.49 Å². The molecule has 1 rings (SSSR count). The molecule has 4 nitrogen and oxygen atoms in total. The van der Waals surface area contributed by atoms with Crippen LogP contribution in [0.4, 0.5) is 0 Å². The molecule has 5 heteroatoms. The monoisotopic (exact) mass is 158 g/mol. The van der Waals surface area contributed by atoms with Crippen LogP contribution in [0, 0.1) is 0 Å². The highest BCUT2D eigenvalue weighted by Crippen LogP contribution is 2.12. The summed E-state index contributed by atoms with van der Waals surface area (Å²) in [6, 6.07) is 0. The van der Waals surface area contributed by atoms with E-state index in [1.165, 1.54) is 0 Å². The molecule has 0 aliphatic carbocycles. The second-order valence-corrected chi connectivity index (χ2v) is 2.50. The number of hydrogen-bond acceptors (Lipinski definition) is 4. The summed E-state index contributed by atoms with van der Waals surface area (Å²) in [5.74, 6) is -1.41. The molecule has 1 unspecified atom stereocenters. The third-order valence-corrected chi connectivity index (χ3v) is 1.71. The SMILES string of the molecule is CC(C(=O)O)c1csnn1. The van der Waals surface area contributed by atoms with Crippen LogP contribution >= 0.6 is 11.5 Å². The maximum atomic E-state index is 10.3. The van der Waals surface area contributed by atoms with Crippen LogP contribution in [0.5, 0.6) is 0 Å². The molecule has 0 amide bonds. The van der Waals surface area contributed by atoms with Crippen LogP contribution in [0.15, 0.2) is 5.38 Å². The average molecular weight is 158 g/mol. The van der Waals surface area contributed by atoms with E-state index in [4.69, 9.17) is 5.11 Å². The molecule has 54 valence electrons. The molecule has 0 aliphatic rings. The van der Waals surface area contributed by atoms with E-state index in [0.717, 1.165) is 11.5 Å². The van der Waals surface area contributed by atoms with Crippen molar-refractivity contribution in [2.45, 2.75) is 12.8 Å². The van der Waals surface area contributed by atoms with E-state index in [1.54, 1.807) is 12.3 Å². The Hall–Kier alpha value is -0.970. The predicted molar refractivity (Wildman–Crippen MR) is 36.0 cm³/mol. The topological polar surface area (TPSA) is 63.1 Å². The van der Waals surface area contributed by atoms with E-state index in [1.807, 2.05) is 0 Å². The van der Waals surface area contributed by atoms with Crippen molar-refractivity contribution in [1.29, 1.82) is 0 Å². The maximum Gasteiger partial charge on any atom is 0.312 e. The normalized spacial score (nSPS) is 12.9. The molecular weight excluding hydrogens is 152 g/mol. The quantitative estimate of drug-likeness (QED) is 0.689. The minimum atomic E-state index is -0.868. The summed E-state index contributed by atoms with van der Waals surface area (Å²) in [6.45, 7) is 1.58. The Bertz CT molecular complexity index is 222. The number of aliphatic carboxylic acids is 1. The molecule has 1 aromatic rings. The van der Waals surface area contributed by atoms with Gasteiger partial charge in [-0.2, -0.15) is 0 Å². The molecule has 1 aromatic heterocycles. The summed E-state index contributed by atoms with van der Waals surface area (Å²) >= 11 is 1.16. The molecule has 0 fully saturated rings. The fraction of sp³-hybridized carbons (Fsp3) is 0.400. The van der Waals surface area contributed by atoms with E-state index in [0.29, 0.717) is 5.69 Å². The lowest BCUT2D eigenvalue weighted by atomic mass is 10.1. The molecule has 0 aromatic carbocycles. The molecule has 0 saturated carbocycles. The largest absolute Gasteiger partial charge is 0.481 e. The van der Waals surface area contributed by atoms with Crippen molar-refractivity contribution in [1.82, 2.24) is 9.59 Å². The molecule has 0 radical (unpaired) electrons. The van der Waals surface area contributed by atoms with Crippen molar-refractivity contribution in [3.05, 3.63) is 11.1 Å². The number of carboxylic acid groups (broad SMARTS) is 1. The van der Waals surface area contributed by atoms with Gasteiger partial charge in [0.2, 0.25) is 0 Å². The van der Waals surface area contributed by atoms with E-state index < -0.39 is 11.9 Å². The number of carboxylic acids is 1. The number of nitrogens with zero attached hydrogens (tertiary/aromatic N) is 2. The summed E-state index contributed by atoms with van der Waals surface area (Å²) < 4.78 is 3.55. The second-order valence-electron chi connectivity index (χ2n) is 1.89. The van der Waals surface area contributed by atoms with Crippen LogP contribution in [-0.2, 0) is 4.79 Å². The van der Waals surface area contributed by atoms with Gasteiger partial charge in [0.25, 0.3) is 0 Å². The summed E-state index contributed by atoms with van der Waals surface area (Å²) in [6.07, 6.45) is 0. The summed E-state index contributed by atoms with van der Waals surface area (Å²) in [5.41, 5.74) is 0.525. The average Bonchev–Trinajstić information content (AvgIpc) is 2.36. The van der Waals surface area contributed by atoms with E-state index in [2.05, 4.69) is 9.59 Å². The van der Waals surface area contributed by atoms with Crippen molar-refractivity contribution in [2.24, 2.45) is 0 Å². The first-order valence-corrected chi connectivity index (χ1v) is 3.55. The first kappa shape index (κ1) is 7.14. The fourth-order valence-corrected chi connectivity index (χ4v) is 1.03. The Morgan fingerprint density at radius 1 is 1.90 bits per heavy atom. The summed E-state index contributed by atoms with van der Waals surface area (Å²) in [5, 5.41) is 13.8. The molecule has 0 aliphatic heterocycles. The van der Waals surface area contributed by atoms with Gasteiger partial charge in [-0.05, 0) is 18.5 Å². The minimum absolute atomic E-state index is 0.525. The predicted octanol–water partition coefficient (Wildman–Crippen LogP) is 0.726. The highest BCUT2D eigenvalue weighted by Gasteiger charge is 2.15. The van der Waals surface area contributed by atoms with Crippen LogP contribution in [-0.4, -0.2) is 20.7 Å². The Morgan fingerprint density at radius 2 is 2.60 bits per heavy atom. The van der Waals surface area contributed by atoms with E-state index in [-0.39, 0.29) is 0 Å². The molecule has 10 heavy (non-hydrogen) atoms. The lowest BCUT2D eigenvalue weighted by Crippen LogP contribution is -2.07. The van der Waals surface area contributed by atoms with Crippen LogP contribution < -0.4 is 0 Å². The second kappa shape index (κ2) is 2.74. The van der Waals surface area contributed by atoms with Crippen LogP contribution in [0.25, 0.3) is 0 Å². The van der Waals surface area contributed by atoms with E-state index >= 15 is 0 Å². The van der Waals surface area contributed by atoms with Crippen molar-refractivity contribution < 1.29 is 9.90 Å². The van der Waals surface area contributed by atoms with Gasteiger partial charge in [-0.15, -0.1) is 5.10 Å². The van der Waals surface area contributed by atoms with Gasteiger partial charge in [0.05, 0.1) is 11.6 Å². The van der Waals surface area contributed by atoms with Gasteiger partial charge in [0, 0.05) is 5.38 Å². The van der Waals surface area contributed by atoms with Gasteiger partial charge in [0.15, 0.2) is 0 Å². The standard InChI is InChI=1S/C5H6N2O2S/c1-3(5(8)9)4-2-10-7-6-4/h2-3H,1H3,(H,8,9). The number of hydrogen-bond donors (Lipinski definition) is 1. The van der Waals surface area contributed by atoms with Gasteiger partial charge in [-0.3, -0.25) is 4.79 Å². The number of rotatable bonds is 2. The Morgan fingerprint density at radius 3 is 3.00 bits per heavy atom. The molecule has 1 atom stereocenters. The van der Waals surface area contributed by atoms with Crippen molar-refractivity contribution in [3.63, 3.8) is 0 Å². The maximum absolute atomic E-state index is 10.3. The van der Waals surface area contributed by atoms with Gasteiger partial charge < -0.3 is 5.11 Å². The molecular formula is C5H6N2O2S. The highest BCUT2D eigenvalue weighted by atomic mass is 32.1. The first-order valence-electron chi connectivity index (χ1n) is 2.71. The lowest BCUT2D eigenvalue weighted by molar-refractivity contribution is -0.138. The zero-order valence-electron chi connectivity index (χ0n) is 5.31. The first-order chi connectivity index (χ1) is 4.72. The van der Waals surface area contributed by atoms with Gasteiger partial charge in [0.1, 0.15) is 0 Å². The third-order valence-electron chi connectivity index (χ3n) is 1.19. The van der Waals surface area contributed by atoms with Crippen molar-refractivity contribution >= 4 is 17.5 Å². The van der Waals surface area contributed by atoms with Crippen LogP contribution in [0.2, 0.25) is 0 Å². The minimum Gasteiger partial charge on any atom is -0.481 e. The summed E-state index contributed by atoms with van der Waals surface area (Å²) in [7, 11) is 0. The molecule has 0 saturated heterocycles. The van der Waals surface area contributed by atoms with Crippen LogP contribution in [0.3, 0.4) is 0 Å². The number of carbonyl (C=O) groups is 1. The molecule has 0 bridgehead atoms. The van der Waals surface area contributed by atoms with Crippen molar-refractivity contribution in [2.75, 3.05) is 0 Å². The zero-order chi connectivity index (χ0) is 7.56. The van der Waals surface area contributed by atoms with Gasteiger partial charge >= 0.3 is 5.97 Å². The Labute approximate surface area is 61.7 Å². The highest BCUT2D eigenvalue weighted by molar-refractivity contribution is 7.03. The molecule has 0 spiro atoms. The van der Waals surface area contributed by atoms with Crippen molar-refractivity contribution in [3.8, 4) is 0 Å². The smallest absolute Gasteiger partial charge is 0.312 e. The van der Waals surface area contributed by atoms with Gasteiger partial charge in [-0.25, -0.2) is 0 Å². The van der Waals surface area contributed by atoms with Crippen LogP contribution in [0.1, 0.15) is 18.5 Å². The lowest BCUT2D eigenvalue weighted by Gasteiger charge is -1.97. The molecule has 1 heterocycles. The number of aromatic nitrogens is 2. The van der Waals surface area contributed by atoms with E-state index in [9.17, 15) is 4.79 Å². The summed E-state index contributed by atoms with van der Waals surface area (Å²) in [4.78, 5) is 10.3.